The molecule has 3 aromatic rings. The number of fused-ring (bicyclic) bond motifs is 1. The standard InChI is InChI=1S/C23H27FN4O/c1-15-9-11-27(12-10-15)22(29)19-13-18(16-5-7-17(24)8-6-16)25-21-14-20(23(2,3)4)26-28(19)21/h5-8,13-15H,9-12H2,1-4H3. The highest BCUT2D eigenvalue weighted by atomic mass is 19.1. The summed E-state index contributed by atoms with van der Waals surface area (Å²) in [4.78, 5) is 20.0. The summed E-state index contributed by atoms with van der Waals surface area (Å²) in [7, 11) is 0. The SMILES string of the molecule is CC1CCN(C(=O)c2cc(-c3ccc(F)cc3)nc3cc(C(C)(C)C)nn23)CC1. The van der Waals surface area contributed by atoms with Crippen LogP contribution in [0.5, 0.6) is 0 Å². The molecule has 3 heterocycles. The van der Waals surface area contributed by atoms with Crippen LogP contribution in [-0.2, 0) is 5.41 Å². The van der Waals surface area contributed by atoms with Crippen LogP contribution >= 0.6 is 0 Å². The second-order valence-electron chi connectivity index (χ2n) is 9.06. The summed E-state index contributed by atoms with van der Waals surface area (Å²) in [6, 6.07) is 9.90. The van der Waals surface area contributed by atoms with E-state index in [0.717, 1.165) is 37.2 Å². The van der Waals surface area contributed by atoms with Gasteiger partial charge in [0.2, 0.25) is 0 Å². The molecule has 0 radical (unpaired) electrons. The number of hydrogen-bond donors (Lipinski definition) is 0. The average molecular weight is 394 g/mol. The molecule has 4 rings (SSSR count). The van der Waals surface area contributed by atoms with E-state index in [9.17, 15) is 9.18 Å². The monoisotopic (exact) mass is 394 g/mol. The lowest BCUT2D eigenvalue weighted by atomic mass is 9.93. The molecular weight excluding hydrogens is 367 g/mol. The predicted octanol–water partition coefficient (Wildman–Crippen LogP) is 4.71. The van der Waals surface area contributed by atoms with Crippen molar-refractivity contribution in [2.24, 2.45) is 5.92 Å². The van der Waals surface area contributed by atoms with Crippen LogP contribution < -0.4 is 0 Å². The minimum Gasteiger partial charge on any atom is -0.337 e. The van der Waals surface area contributed by atoms with E-state index in [1.165, 1.54) is 12.1 Å². The number of carbonyl (C=O) groups is 1. The van der Waals surface area contributed by atoms with Gasteiger partial charge in [-0.05, 0) is 49.1 Å². The van der Waals surface area contributed by atoms with Gasteiger partial charge in [-0.1, -0.05) is 27.7 Å². The maximum atomic E-state index is 13.4. The Hall–Kier alpha value is -2.76. The zero-order valence-electron chi connectivity index (χ0n) is 17.4. The fourth-order valence-electron chi connectivity index (χ4n) is 3.64. The number of benzene rings is 1. The van der Waals surface area contributed by atoms with Crippen LogP contribution in [-0.4, -0.2) is 38.5 Å². The lowest BCUT2D eigenvalue weighted by Crippen LogP contribution is -2.38. The lowest BCUT2D eigenvalue weighted by molar-refractivity contribution is 0.0688. The van der Waals surface area contributed by atoms with Crippen LogP contribution in [0.3, 0.4) is 0 Å². The van der Waals surface area contributed by atoms with Crippen molar-refractivity contribution in [3.05, 3.63) is 53.6 Å². The van der Waals surface area contributed by atoms with Crippen molar-refractivity contribution in [3.63, 3.8) is 0 Å². The second kappa shape index (κ2) is 7.25. The third kappa shape index (κ3) is 3.88. The number of likely N-dealkylation sites (tertiary alicyclic amines) is 1. The van der Waals surface area contributed by atoms with Crippen LogP contribution in [0.4, 0.5) is 4.39 Å². The van der Waals surface area contributed by atoms with Crippen molar-refractivity contribution in [2.45, 2.75) is 46.0 Å². The molecule has 2 aromatic heterocycles. The quantitative estimate of drug-likeness (QED) is 0.633. The third-order valence-electron chi connectivity index (χ3n) is 5.63. The van der Waals surface area contributed by atoms with Gasteiger partial charge in [0, 0.05) is 30.1 Å². The number of piperidine rings is 1. The van der Waals surface area contributed by atoms with Crippen molar-refractivity contribution in [3.8, 4) is 11.3 Å². The molecule has 6 heteroatoms. The Morgan fingerprint density at radius 1 is 1.10 bits per heavy atom. The molecule has 1 saturated heterocycles. The minimum atomic E-state index is -0.298. The summed E-state index contributed by atoms with van der Waals surface area (Å²) in [6.45, 7) is 9.99. The first kappa shape index (κ1) is 19.6. The topological polar surface area (TPSA) is 50.5 Å². The summed E-state index contributed by atoms with van der Waals surface area (Å²) in [5.41, 5.74) is 3.26. The largest absolute Gasteiger partial charge is 0.337 e. The summed E-state index contributed by atoms with van der Waals surface area (Å²) in [6.07, 6.45) is 2.02. The van der Waals surface area contributed by atoms with Gasteiger partial charge in [0.05, 0.1) is 11.4 Å². The van der Waals surface area contributed by atoms with Crippen molar-refractivity contribution < 1.29 is 9.18 Å². The molecule has 0 spiro atoms. The summed E-state index contributed by atoms with van der Waals surface area (Å²) >= 11 is 0. The molecule has 0 N–H and O–H groups in total. The summed E-state index contributed by atoms with van der Waals surface area (Å²) in [5, 5.41) is 4.71. The normalized spacial score (nSPS) is 15.8. The van der Waals surface area contributed by atoms with E-state index in [-0.39, 0.29) is 17.1 Å². The molecule has 29 heavy (non-hydrogen) atoms. The molecule has 0 unspecified atom stereocenters. The minimum absolute atomic E-state index is 0.0313. The molecule has 0 bridgehead atoms. The Bertz CT molecular complexity index is 1040. The van der Waals surface area contributed by atoms with Gasteiger partial charge in [-0.3, -0.25) is 4.79 Å². The number of nitrogens with zero attached hydrogens (tertiary/aromatic N) is 4. The van der Waals surface area contributed by atoms with Crippen LogP contribution in [0.15, 0.2) is 36.4 Å². The van der Waals surface area contributed by atoms with Gasteiger partial charge in [-0.2, -0.15) is 5.10 Å². The van der Waals surface area contributed by atoms with E-state index in [2.05, 4.69) is 27.7 Å². The highest BCUT2D eigenvalue weighted by molar-refractivity contribution is 5.94. The Balaban J connectivity index is 1.84. The van der Waals surface area contributed by atoms with E-state index >= 15 is 0 Å². The van der Waals surface area contributed by atoms with E-state index < -0.39 is 0 Å². The molecule has 1 aromatic carbocycles. The van der Waals surface area contributed by atoms with Gasteiger partial charge in [0.1, 0.15) is 11.5 Å². The Morgan fingerprint density at radius 3 is 2.38 bits per heavy atom. The van der Waals surface area contributed by atoms with E-state index in [4.69, 9.17) is 10.1 Å². The highest BCUT2D eigenvalue weighted by Gasteiger charge is 2.26. The first-order valence-corrected chi connectivity index (χ1v) is 10.2. The molecule has 152 valence electrons. The summed E-state index contributed by atoms with van der Waals surface area (Å²) in [5.74, 6) is 0.313. The number of aromatic nitrogens is 3. The number of halogens is 1. The van der Waals surface area contributed by atoms with Crippen molar-refractivity contribution in [1.82, 2.24) is 19.5 Å². The smallest absolute Gasteiger partial charge is 0.272 e. The van der Waals surface area contributed by atoms with Crippen LogP contribution in [0.2, 0.25) is 0 Å². The van der Waals surface area contributed by atoms with Crippen molar-refractivity contribution in [1.29, 1.82) is 0 Å². The summed E-state index contributed by atoms with van der Waals surface area (Å²) < 4.78 is 15.0. The molecule has 1 aliphatic heterocycles. The first-order valence-electron chi connectivity index (χ1n) is 10.2. The van der Waals surface area contributed by atoms with Gasteiger partial charge in [0.25, 0.3) is 5.91 Å². The van der Waals surface area contributed by atoms with Crippen molar-refractivity contribution in [2.75, 3.05) is 13.1 Å². The molecule has 0 atom stereocenters. The van der Waals surface area contributed by atoms with Crippen LogP contribution in [0, 0.1) is 11.7 Å². The lowest BCUT2D eigenvalue weighted by Gasteiger charge is -2.30. The zero-order valence-corrected chi connectivity index (χ0v) is 17.4. The van der Waals surface area contributed by atoms with E-state index in [1.807, 2.05) is 11.0 Å². The van der Waals surface area contributed by atoms with Gasteiger partial charge in [-0.25, -0.2) is 13.9 Å². The van der Waals surface area contributed by atoms with Gasteiger partial charge in [-0.15, -0.1) is 0 Å². The Morgan fingerprint density at radius 2 is 1.76 bits per heavy atom. The molecule has 1 amide bonds. The maximum Gasteiger partial charge on any atom is 0.272 e. The maximum absolute atomic E-state index is 13.4. The van der Waals surface area contributed by atoms with Crippen LogP contribution in [0.1, 0.15) is 56.7 Å². The number of hydrogen-bond acceptors (Lipinski definition) is 3. The molecule has 5 nitrogen and oxygen atoms in total. The van der Waals surface area contributed by atoms with Crippen LogP contribution in [0.25, 0.3) is 16.9 Å². The Kier molecular flexibility index (Phi) is 4.89. The molecular formula is C23H27FN4O. The number of amides is 1. The second-order valence-corrected chi connectivity index (χ2v) is 9.06. The first-order chi connectivity index (χ1) is 13.7. The van der Waals surface area contributed by atoms with E-state index in [0.29, 0.717) is 23.0 Å². The van der Waals surface area contributed by atoms with Gasteiger partial charge in [0.15, 0.2) is 5.65 Å². The van der Waals surface area contributed by atoms with E-state index in [1.54, 1.807) is 22.7 Å². The number of carbonyl (C=O) groups excluding carboxylic acids is 1. The fourth-order valence-corrected chi connectivity index (χ4v) is 3.64. The number of rotatable bonds is 2. The molecule has 0 aliphatic carbocycles. The zero-order chi connectivity index (χ0) is 20.8. The fraction of sp³-hybridized carbons (Fsp3) is 0.435. The molecule has 1 fully saturated rings. The van der Waals surface area contributed by atoms with Crippen molar-refractivity contribution >= 4 is 11.6 Å². The van der Waals surface area contributed by atoms with Gasteiger partial charge < -0.3 is 4.90 Å². The predicted molar refractivity (Wildman–Crippen MR) is 111 cm³/mol. The average Bonchev–Trinajstić information content (AvgIpc) is 3.12. The van der Waals surface area contributed by atoms with Gasteiger partial charge >= 0.3 is 0 Å². The highest BCUT2D eigenvalue weighted by Crippen LogP contribution is 2.26. The Labute approximate surface area is 170 Å². The third-order valence-corrected chi connectivity index (χ3v) is 5.63. The molecule has 1 aliphatic rings. The molecule has 0 saturated carbocycles.